The van der Waals surface area contributed by atoms with Crippen LogP contribution in [-0.2, 0) is 6.18 Å². The standard InChI is InChI=1S/C11H6F6N2S/c12-4-1-5(13)8(6(14)2-4)9(18)7-3-19-10(20-7)11(15,16)17/h1-3,9H,18H2. The summed E-state index contributed by atoms with van der Waals surface area (Å²) in [6.45, 7) is 0. The van der Waals surface area contributed by atoms with Crippen LogP contribution in [0.4, 0.5) is 26.3 Å². The molecule has 1 heterocycles. The third-order valence-corrected chi connectivity index (χ3v) is 3.55. The van der Waals surface area contributed by atoms with Gasteiger partial charge in [0.15, 0.2) is 5.01 Å². The molecule has 1 aromatic carbocycles. The van der Waals surface area contributed by atoms with Crippen molar-refractivity contribution in [2.45, 2.75) is 12.2 Å². The minimum Gasteiger partial charge on any atom is -0.319 e. The van der Waals surface area contributed by atoms with E-state index in [1.54, 1.807) is 0 Å². The van der Waals surface area contributed by atoms with Gasteiger partial charge < -0.3 is 5.73 Å². The van der Waals surface area contributed by atoms with E-state index in [4.69, 9.17) is 5.73 Å². The van der Waals surface area contributed by atoms with Crippen molar-refractivity contribution >= 4 is 11.3 Å². The highest BCUT2D eigenvalue weighted by molar-refractivity contribution is 7.11. The third-order valence-electron chi connectivity index (χ3n) is 2.43. The van der Waals surface area contributed by atoms with Crippen molar-refractivity contribution in [3.05, 3.63) is 51.2 Å². The van der Waals surface area contributed by atoms with Gasteiger partial charge in [0.25, 0.3) is 0 Å². The molecule has 0 saturated heterocycles. The second-order valence-electron chi connectivity index (χ2n) is 3.83. The van der Waals surface area contributed by atoms with Gasteiger partial charge in [0.1, 0.15) is 17.5 Å². The Morgan fingerprint density at radius 1 is 1.10 bits per heavy atom. The molecule has 0 aliphatic heterocycles. The van der Waals surface area contributed by atoms with Crippen LogP contribution >= 0.6 is 11.3 Å². The zero-order valence-corrected chi connectivity index (χ0v) is 10.3. The van der Waals surface area contributed by atoms with E-state index in [-0.39, 0.29) is 16.2 Å². The number of nitrogens with zero attached hydrogens (tertiary/aromatic N) is 1. The molecule has 9 heteroatoms. The van der Waals surface area contributed by atoms with Gasteiger partial charge in [-0.05, 0) is 0 Å². The summed E-state index contributed by atoms with van der Waals surface area (Å²) in [5.74, 6) is -3.68. The van der Waals surface area contributed by atoms with Crippen molar-refractivity contribution in [3.8, 4) is 0 Å². The maximum atomic E-state index is 13.5. The van der Waals surface area contributed by atoms with E-state index in [1.165, 1.54) is 0 Å². The average Bonchev–Trinajstić information content (AvgIpc) is 2.75. The van der Waals surface area contributed by atoms with Gasteiger partial charge in [-0.3, -0.25) is 0 Å². The second-order valence-corrected chi connectivity index (χ2v) is 4.89. The van der Waals surface area contributed by atoms with Gasteiger partial charge >= 0.3 is 6.18 Å². The molecule has 0 spiro atoms. The molecule has 1 atom stereocenters. The second kappa shape index (κ2) is 5.06. The van der Waals surface area contributed by atoms with Gasteiger partial charge in [-0.25, -0.2) is 18.2 Å². The number of benzene rings is 1. The fourth-order valence-corrected chi connectivity index (χ4v) is 2.35. The molecule has 0 amide bonds. The van der Waals surface area contributed by atoms with Crippen LogP contribution in [0.3, 0.4) is 0 Å². The minimum atomic E-state index is -4.66. The van der Waals surface area contributed by atoms with Crippen LogP contribution in [0.2, 0.25) is 0 Å². The number of thiazole rings is 1. The van der Waals surface area contributed by atoms with E-state index in [0.717, 1.165) is 6.20 Å². The summed E-state index contributed by atoms with van der Waals surface area (Å²) in [5, 5.41) is -1.18. The summed E-state index contributed by atoms with van der Waals surface area (Å²) in [6.07, 6.45) is -3.87. The Kier molecular flexibility index (Phi) is 3.74. The van der Waals surface area contributed by atoms with Gasteiger partial charge in [-0.1, -0.05) is 0 Å². The maximum Gasteiger partial charge on any atom is 0.443 e. The molecule has 0 fully saturated rings. The summed E-state index contributed by atoms with van der Waals surface area (Å²) in [5.41, 5.74) is 4.82. The molecule has 0 saturated carbocycles. The van der Waals surface area contributed by atoms with Crippen molar-refractivity contribution in [3.63, 3.8) is 0 Å². The van der Waals surface area contributed by atoms with Crippen LogP contribution in [-0.4, -0.2) is 4.98 Å². The first-order valence-electron chi connectivity index (χ1n) is 5.13. The molecule has 2 nitrogen and oxygen atoms in total. The highest BCUT2D eigenvalue weighted by Gasteiger charge is 2.35. The predicted octanol–water partition coefficient (Wildman–Crippen LogP) is 3.63. The topological polar surface area (TPSA) is 38.9 Å². The van der Waals surface area contributed by atoms with E-state index in [9.17, 15) is 26.3 Å². The maximum absolute atomic E-state index is 13.5. The number of alkyl halides is 3. The minimum absolute atomic E-state index is 0.176. The molecule has 20 heavy (non-hydrogen) atoms. The Morgan fingerprint density at radius 3 is 2.10 bits per heavy atom. The van der Waals surface area contributed by atoms with Gasteiger partial charge in [-0.2, -0.15) is 13.2 Å². The van der Waals surface area contributed by atoms with Crippen molar-refractivity contribution in [2.75, 3.05) is 0 Å². The molecule has 2 aromatic rings. The zero-order valence-electron chi connectivity index (χ0n) is 9.51. The van der Waals surface area contributed by atoms with Crippen molar-refractivity contribution in [2.24, 2.45) is 5.73 Å². The number of halogens is 6. The lowest BCUT2D eigenvalue weighted by molar-refractivity contribution is -0.137. The Balaban J connectivity index is 2.42. The SMILES string of the molecule is NC(c1cnc(C(F)(F)F)s1)c1c(F)cc(F)cc1F. The highest BCUT2D eigenvalue weighted by atomic mass is 32.1. The smallest absolute Gasteiger partial charge is 0.319 e. The Morgan fingerprint density at radius 2 is 1.65 bits per heavy atom. The zero-order chi connectivity index (χ0) is 15.1. The fraction of sp³-hybridized carbons (Fsp3) is 0.182. The van der Waals surface area contributed by atoms with Gasteiger partial charge in [0.05, 0.1) is 6.04 Å². The monoisotopic (exact) mass is 312 g/mol. The molecule has 108 valence electrons. The van der Waals surface area contributed by atoms with Gasteiger partial charge in [-0.15, -0.1) is 11.3 Å². The first-order valence-corrected chi connectivity index (χ1v) is 5.94. The van der Waals surface area contributed by atoms with Crippen LogP contribution in [0.1, 0.15) is 21.5 Å². The van der Waals surface area contributed by atoms with E-state index >= 15 is 0 Å². The Hall–Kier alpha value is -1.61. The van der Waals surface area contributed by atoms with E-state index in [1.807, 2.05) is 0 Å². The molecule has 0 radical (unpaired) electrons. The summed E-state index contributed by atoms with van der Waals surface area (Å²) in [4.78, 5) is 2.93. The number of rotatable bonds is 2. The average molecular weight is 312 g/mol. The van der Waals surface area contributed by atoms with Crippen molar-refractivity contribution < 1.29 is 26.3 Å². The lowest BCUT2D eigenvalue weighted by Gasteiger charge is -2.12. The summed E-state index contributed by atoms with van der Waals surface area (Å²) < 4.78 is 76.9. The highest BCUT2D eigenvalue weighted by Crippen LogP contribution is 2.36. The molecule has 2 N–H and O–H groups in total. The molecule has 1 unspecified atom stereocenters. The Labute approximate surface area is 112 Å². The lowest BCUT2D eigenvalue weighted by Crippen LogP contribution is -2.14. The quantitative estimate of drug-likeness (QED) is 0.860. The van der Waals surface area contributed by atoms with Crippen LogP contribution in [0.25, 0.3) is 0 Å². The molecule has 0 aliphatic carbocycles. The summed E-state index contributed by atoms with van der Waals surface area (Å²) in [7, 11) is 0. The fourth-order valence-electron chi connectivity index (χ4n) is 1.55. The largest absolute Gasteiger partial charge is 0.443 e. The normalized spacial score (nSPS) is 13.6. The first-order chi connectivity index (χ1) is 9.20. The molecule has 1 aromatic heterocycles. The number of nitrogens with two attached hydrogens (primary N) is 1. The molecular formula is C11H6F6N2S. The van der Waals surface area contributed by atoms with Crippen LogP contribution < -0.4 is 5.73 Å². The molecule has 0 aliphatic rings. The predicted molar refractivity (Wildman–Crippen MR) is 59.5 cm³/mol. The van der Waals surface area contributed by atoms with Crippen molar-refractivity contribution in [1.82, 2.24) is 4.98 Å². The van der Waals surface area contributed by atoms with Crippen molar-refractivity contribution in [1.29, 1.82) is 0 Å². The lowest BCUT2D eigenvalue weighted by atomic mass is 10.1. The number of hydrogen-bond acceptors (Lipinski definition) is 3. The molecule has 2 rings (SSSR count). The summed E-state index contributed by atoms with van der Waals surface area (Å²) in [6, 6.07) is -0.683. The van der Waals surface area contributed by atoms with E-state index in [2.05, 4.69) is 4.98 Å². The third kappa shape index (κ3) is 2.78. The molecular weight excluding hydrogens is 306 g/mol. The number of aromatic nitrogens is 1. The number of hydrogen-bond donors (Lipinski definition) is 1. The first kappa shape index (κ1) is 14.8. The Bertz CT molecular complexity index is 613. The summed E-state index contributed by atoms with van der Waals surface area (Å²) >= 11 is 0.176. The van der Waals surface area contributed by atoms with E-state index < -0.39 is 40.2 Å². The molecule has 0 bridgehead atoms. The van der Waals surface area contributed by atoms with E-state index in [0.29, 0.717) is 12.1 Å². The van der Waals surface area contributed by atoms with Crippen LogP contribution in [0, 0.1) is 17.5 Å². The van der Waals surface area contributed by atoms with Gasteiger partial charge in [0.2, 0.25) is 0 Å². The van der Waals surface area contributed by atoms with Crippen LogP contribution in [0.15, 0.2) is 18.3 Å². The van der Waals surface area contributed by atoms with Crippen LogP contribution in [0.5, 0.6) is 0 Å². The van der Waals surface area contributed by atoms with Gasteiger partial charge in [0, 0.05) is 28.8 Å².